The van der Waals surface area contributed by atoms with E-state index in [4.69, 9.17) is 4.98 Å². The molecule has 166 valence electrons. The van der Waals surface area contributed by atoms with Crippen LogP contribution in [0.3, 0.4) is 0 Å². The summed E-state index contributed by atoms with van der Waals surface area (Å²) in [6.07, 6.45) is 1.12. The monoisotopic (exact) mass is 448 g/mol. The lowest BCUT2D eigenvalue weighted by Gasteiger charge is -2.32. The van der Waals surface area contributed by atoms with Crippen molar-refractivity contribution in [3.8, 4) is 0 Å². The Bertz CT molecular complexity index is 1160. The Kier molecular flexibility index (Phi) is 5.41. The highest BCUT2D eigenvalue weighted by Crippen LogP contribution is 2.32. The highest BCUT2D eigenvalue weighted by molar-refractivity contribution is 7.91. The van der Waals surface area contributed by atoms with Crippen LogP contribution in [0.5, 0.6) is 0 Å². The molecule has 0 bridgehead atoms. The molecule has 0 saturated carbocycles. The quantitative estimate of drug-likeness (QED) is 0.445. The van der Waals surface area contributed by atoms with Gasteiger partial charge < -0.3 is 9.45 Å². The number of piperidine rings is 1. The van der Waals surface area contributed by atoms with E-state index in [0.717, 1.165) is 16.5 Å². The maximum atomic E-state index is 13.7. The number of anilines is 1. The summed E-state index contributed by atoms with van der Waals surface area (Å²) in [5.41, 5.74) is 3.59. The number of hydrogen-bond acceptors (Lipinski definition) is 6. The molecule has 1 atom stereocenters. The fourth-order valence-electron chi connectivity index (χ4n) is 3.63. The lowest BCUT2D eigenvalue weighted by molar-refractivity contribution is -0.0222. The molecule has 1 fully saturated rings. The molecule has 0 unspecified atom stereocenters. The van der Waals surface area contributed by atoms with Crippen LogP contribution in [0.1, 0.15) is 51.7 Å². The Balaban J connectivity index is 1.90. The molecule has 0 amide bonds. The molecule has 1 saturated heterocycles. The van der Waals surface area contributed by atoms with Gasteiger partial charge in [0.05, 0.1) is 11.2 Å². The van der Waals surface area contributed by atoms with E-state index >= 15 is 0 Å². The van der Waals surface area contributed by atoms with Crippen LogP contribution in [-0.2, 0) is 11.4 Å². The van der Waals surface area contributed by atoms with E-state index < -0.39 is 22.0 Å². The third kappa shape index (κ3) is 4.23. The summed E-state index contributed by atoms with van der Waals surface area (Å²) in [6, 6.07) is 3.92. The third-order valence-corrected chi connectivity index (χ3v) is 6.87. The molecule has 10 heteroatoms. The molecule has 31 heavy (non-hydrogen) atoms. The van der Waals surface area contributed by atoms with Crippen LogP contribution in [-0.4, -0.2) is 53.6 Å². The first-order valence-corrected chi connectivity index (χ1v) is 11.3. The molecule has 0 aliphatic carbocycles. The van der Waals surface area contributed by atoms with Gasteiger partial charge in [-0.15, -0.1) is 10.2 Å². The van der Waals surface area contributed by atoms with E-state index in [9.17, 15) is 13.3 Å². The zero-order valence-electron chi connectivity index (χ0n) is 18.3. The van der Waals surface area contributed by atoms with Crippen LogP contribution >= 0.6 is 0 Å². The van der Waals surface area contributed by atoms with Gasteiger partial charge in [-0.2, -0.15) is 0 Å². The summed E-state index contributed by atoms with van der Waals surface area (Å²) in [6.45, 7) is 9.78. The van der Waals surface area contributed by atoms with Crippen LogP contribution < -0.4 is 4.90 Å². The molecule has 7 nitrogen and oxygen atoms in total. The third-order valence-electron chi connectivity index (χ3n) is 5.38. The minimum absolute atomic E-state index is 0.196. The van der Waals surface area contributed by atoms with Crippen molar-refractivity contribution in [1.29, 1.82) is 0 Å². The largest absolute Gasteiger partial charge is 0.591 e. The van der Waals surface area contributed by atoms with Crippen molar-refractivity contribution in [2.24, 2.45) is 4.40 Å². The van der Waals surface area contributed by atoms with Crippen LogP contribution in [0.4, 0.5) is 14.7 Å². The zero-order chi connectivity index (χ0) is 22.6. The summed E-state index contributed by atoms with van der Waals surface area (Å²) in [5, 5.41) is 9.10. The van der Waals surface area contributed by atoms with Crippen molar-refractivity contribution in [1.82, 2.24) is 19.6 Å². The maximum Gasteiger partial charge on any atom is 0.251 e. The summed E-state index contributed by atoms with van der Waals surface area (Å²) < 4.78 is 45.7. The second kappa shape index (κ2) is 7.67. The first kappa shape index (κ1) is 21.9. The van der Waals surface area contributed by atoms with Crippen molar-refractivity contribution in [2.45, 2.75) is 58.1 Å². The number of fused-ring (bicyclic) bond motifs is 3. The van der Waals surface area contributed by atoms with Crippen LogP contribution in [0, 0.1) is 6.92 Å². The van der Waals surface area contributed by atoms with Crippen LogP contribution in [0.2, 0.25) is 0 Å². The molecule has 1 aliphatic heterocycles. The van der Waals surface area contributed by atoms with Crippen molar-refractivity contribution >= 4 is 39.6 Å². The molecule has 1 aliphatic rings. The highest BCUT2D eigenvalue weighted by Gasteiger charge is 2.35. The Morgan fingerprint density at radius 2 is 1.90 bits per heavy atom. The van der Waals surface area contributed by atoms with Gasteiger partial charge >= 0.3 is 0 Å². The van der Waals surface area contributed by atoms with E-state index in [1.54, 1.807) is 10.7 Å². The molecule has 3 aromatic rings. The molecular formula is C21H26F2N6OS. The van der Waals surface area contributed by atoms with Gasteiger partial charge in [0.2, 0.25) is 5.95 Å². The Hall–Kier alpha value is -2.33. The van der Waals surface area contributed by atoms with Gasteiger partial charge in [0.15, 0.2) is 5.65 Å². The van der Waals surface area contributed by atoms with Gasteiger partial charge in [-0.1, -0.05) is 4.40 Å². The Labute approximate surface area is 182 Å². The molecule has 1 aromatic carbocycles. The molecule has 0 N–H and O–H groups in total. The average Bonchev–Trinajstić information content (AvgIpc) is 3.16. The number of hydrogen-bond donors (Lipinski definition) is 0. The number of aromatic nitrogens is 4. The normalized spacial score (nSPS) is 18.7. The van der Waals surface area contributed by atoms with Crippen molar-refractivity contribution in [3.63, 3.8) is 0 Å². The number of nitrogens with zero attached hydrogens (tertiary/aromatic N) is 6. The van der Waals surface area contributed by atoms with E-state index in [-0.39, 0.29) is 25.9 Å². The van der Waals surface area contributed by atoms with Gasteiger partial charge in [-0.25, -0.2) is 13.8 Å². The van der Waals surface area contributed by atoms with Crippen molar-refractivity contribution in [2.75, 3.05) is 18.0 Å². The standard InChI is InChI=1S/C21H26F2N6OS/c1-13-10-15(14(2)27-31(30)20(3,4)5)17-16(11-13)18-26-24-12-29(18)19(25-17)28-8-6-21(22,23)7-9-28/h10-12H,6-9H2,1-5H3/t31-/m1/s1. The molecular weight excluding hydrogens is 422 g/mol. The number of benzene rings is 1. The fraction of sp³-hybridized carbons (Fsp3) is 0.524. The Morgan fingerprint density at radius 1 is 1.23 bits per heavy atom. The lowest BCUT2D eigenvalue weighted by Crippen LogP contribution is -2.40. The average molecular weight is 449 g/mol. The first-order chi connectivity index (χ1) is 14.5. The predicted octanol–water partition coefficient (Wildman–Crippen LogP) is 4.09. The van der Waals surface area contributed by atoms with E-state index in [1.165, 1.54) is 0 Å². The predicted molar refractivity (Wildman–Crippen MR) is 120 cm³/mol. The highest BCUT2D eigenvalue weighted by atomic mass is 32.2. The lowest BCUT2D eigenvalue weighted by atomic mass is 10.0. The van der Waals surface area contributed by atoms with Crippen molar-refractivity contribution < 1.29 is 13.3 Å². The Morgan fingerprint density at radius 3 is 2.55 bits per heavy atom. The van der Waals surface area contributed by atoms with Gasteiger partial charge in [0.25, 0.3) is 5.92 Å². The van der Waals surface area contributed by atoms with Gasteiger partial charge in [0.1, 0.15) is 22.4 Å². The van der Waals surface area contributed by atoms with Crippen molar-refractivity contribution in [3.05, 3.63) is 29.6 Å². The molecule has 0 spiro atoms. The molecule has 3 heterocycles. The summed E-state index contributed by atoms with van der Waals surface area (Å²) >= 11 is -1.42. The van der Waals surface area contributed by atoms with Crippen LogP contribution in [0.15, 0.2) is 22.9 Å². The summed E-state index contributed by atoms with van der Waals surface area (Å²) in [5.74, 6) is -2.12. The first-order valence-electron chi connectivity index (χ1n) is 10.2. The van der Waals surface area contributed by atoms with Gasteiger partial charge in [-0.05, 0) is 52.3 Å². The molecule has 4 rings (SSSR count). The number of halogens is 2. The smallest absolute Gasteiger partial charge is 0.251 e. The van der Waals surface area contributed by atoms with E-state index in [0.29, 0.717) is 22.8 Å². The van der Waals surface area contributed by atoms with E-state index in [1.807, 2.05) is 51.7 Å². The molecule has 2 aromatic heterocycles. The minimum Gasteiger partial charge on any atom is -0.591 e. The van der Waals surface area contributed by atoms with E-state index in [2.05, 4.69) is 14.6 Å². The SMILES string of the molecule is CC(=N[S@+]([O-])C(C)(C)C)c1cc(C)cc2c1nc(N1CCC(F)(F)CC1)n1cnnc21. The maximum absolute atomic E-state index is 13.7. The topological polar surface area (TPSA) is 81.7 Å². The summed E-state index contributed by atoms with van der Waals surface area (Å²) in [7, 11) is 0. The second-order valence-corrected chi connectivity index (χ2v) is 10.9. The second-order valence-electron chi connectivity index (χ2n) is 9.03. The van der Waals surface area contributed by atoms with Gasteiger partial charge in [0, 0.05) is 36.9 Å². The summed E-state index contributed by atoms with van der Waals surface area (Å²) in [4.78, 5) is 6.71. The number of alkyl halides is 2. The van der Waals surface area contributed by atoms with Gasteiger partial charge in [-0.3, -0.25) is 4.40 Å². The minimum atomic E-state index is -2.65. The molecule has 0 radical (unpaired) electrons. The number of rotatable bonds is 3. The fourth-order valence-corrected chi connectivity index (χ4v) is 4.25. The van der Waals surface area contributed by atoms with Crippen LogP contribution in [0.25, 0.3) is 16.6 Å². The number of aryl methyl sites for hydroxylation is 1. The zero-order valence-corrected chi connectivity index (χ0v) is 19.1.